The Morgan fingerprint density at radius 1 is 1.04 bits per heavy atom. The van der Waals surface area contributed by atoms with Crippen LogP contribution in [0.1, 0.15) is 25.5 Å². The standard InChI is InChI=1S/C18H28N4O4S/c1-14-12-22(13-15(2)26-14)27(24,25)21-10-8-20(9-11-21)17(18(19)23)16-6-4-3-5-7-16/h3-7,14-15,17H,8-13H2,1-2H3,(H2,19,23). The third-order valence-electron chi connectivity index (χ3n) is 5.06. The number of hydrogen-bond acceptors (Lipinski definition) is 5. The van der Waals surface area contributed by atoms with Crippen molar-refractivity contribution in [2.75, 3.05) is 39.3 Å². The zero-order valence-electron chi connectivity index (χ0n) is 15.8. The number of nitrogens with two attached hydrogens (primary N) is 1. The molecule has 0 saturated carbocycles. The first-order chi connectivity index (χ1) is 12.8. The second-order valence-electron chi connectivity index (χ2n) is 7.23. The van der Waals surface area contributed by atoms with Crippen LogP contribution in [0.4, 0.5) is 0 Å². The first-order valence-electron chi connectivity index (χ1n) is 9.28. The maximum Gasteiger partial charge on any atom is 0.282 e. The van der Waals surface area contributed by atoms with E-state index in [1.54, 1.807) is 0 Å². The van der Waals surface area contributed by atoms with Crippen LogP contribution in [-0.4, -0.2) is 79.3 Å². The van der Waals surface area contributed by atoms with E-state index in [-0.39, 0.29) is 12.2 Å². The molecule has 3 unspecified atom stereocenters. The van der Waals surface area contributed by atoms with E-state index in [4.69, 9.17) is 10.5 Å². The summed E-state index contributed by atoms with van der Waals surface area (Å²) in [5, 5.41) is 0. The smallest absolute Gasteiger partial charge is 0.282 e. The Balaban J connectivity index is 1.68. The van der Waals surface area contributed by atoms with Crippen molar-refractivity contribution in [3.05, 3.63) is 35.9 Å². The fourth-order valence-corrected chi connectivity index (χ4v) is 5.61. The van der Waals surface area contributed by atoms with Gasteiger partial charge in [0.05, 0.1) is 12.2 Å². The molecule has 1 aromatic carbocycles. The summed E-state index contributed by atoms with van der Waals surface area (Å²) in [4.78, 5) is 14.0. The lowest BCUT2D eigenvalue weighted by Gasteiger charge is -2.41. The molecule has 0 bridgehead atoms. The average Bonchev–Trinajstić information content (AvgIpc) is 2.62. The summed E-state index contributed by atoms with van der Waals surface area (Å²) in [5.41, 5.74) is 6.46. The molecule has 2 N–H and O–H groups in total. The fraction of sp³-hybridized carbons (Fsp3) is 0.611. The van der Waals surface area contributed by atoms with Crippen molar-refractivity contribution in [2.45, 2.75) is 32.1 Å². The summed E-state index contributed by atoms with van der Waals surface area (Å²) in [6.45, 7) is 6.06. The highest BCUT2D eigenvalue weighted by Crippen LogP contribution is 2.24. The van der Waals surface area contributed by atoms with Gasteiger partial charge in [-0.2, -0.15) is 17.0 Å². The first-order valence-corrected chi connectivity index (χ1v) is 10.7. The van der Waals surface area contributed by atoms with Crippen LogP contribution in [0, 0.1) is 0 Å². The lowest BCUT2D eigenvalue weighted by molar-refractivity contribution is -0.124. The van der Waals surface area contributed by atoms with Crippen molar-refractivity contribution in [3.8, 4) is 0 Å². The molecule has 1 aromatic rings. The zero-order valence-corrected chi connectivity index (χ0v) is 16.6. The van der Waals surface area contributed by atoms with Gasteiger partial charge in [-0.3, -0.25) is 9.69 Å². The minimum absolute atomic E-state index is 0.123. The summed E-state index contributed by atoms with van der Waals surface area (Å²) < 4.78 is 34.6. The Hall–Kier alpha value is -1.52. The molecule has 2 fully saturated rings. The molecule has 0 radical (unpaired) electrons. The van der Waals surface area contributed by atoms with E-state index in [1.807, 2.05) is 49.1 Å². The third-order valence-corrected chi connectivity index (χ3v) is 7.03. The lowest BCUT2D eigenvalue weighted by Crippen LogP contribution is -2.58. The van der Waals surface area contributed by atoms with Gasteiger partial charge in [0, 0.05) is 39.3 Å². The van der Waals surface area contributed by atoms with Crippen LogP contribution in [-0.2, 0) is 19.7 Å². The molecular weight excluding hydrogens is 368 g/mol. The van der Waals surface area contributed by atoms with E-state index < -0.39 is 22.2 Å². The van der Waals surface area contributed by atoms with Gasteiger partial charge in [-0.15, -0.1) is 0 Å². The van der Waals surface area contributed by atoms with Gasteiger partial charge in [0.25, 0.3) is 10.2 Å². The van der Waals surface area contributed by atoms with E-state index in [2.05, 4.69) is 0 Å². The number of rotatable bonds is 5. The van der Waals surface area contributed by atoms with Gasteiger partial charge >= 0.3 is 0 Å². The molecule has 0 aromatic heterocycles. The average molecular weight is 397 g/mol. The van der Waals surface area contributed by atoms with Crippen molar-refractivity contribution < 1.29 is 17.9 Å². The number of primary amides is 1. The highest BCUT2D eigenvalue weighted by molar-refractivity contribution is 7.86. The minimum atomic E-state index is -3.54. The van der Waals surface area contributed by atoms with Gasteiger partial charge in [0.15, 0.2) is 0 Å². The number of benzene rings is 1. The maximum atomic E-state index is 13.0. The van der Waals surface area contributed by atoms with Gasteiger partial charge in [-0.25, -0.2) is 0 Å². The molecule has 27 heavy (non-hydrogen) atoms. The van der Waals surface area contributed by atoms with Crippen LogP contribution in [0.3, 0.4) is 0 Å². The predicted octanol–water partition coefficient (Wildman–Crippen LogP) is 0.185. The van der Waals surface area contributed by atoms with Gasteiger partial charge in [0.1, 0.15) is 6.04 Å². The number of carbonyl (C=O) groups is 1. The molecule has 8 nitrogen and oxygen atoms in total. The van der Waals surface area contributed by atoms with Gasteiger partial charge in [0.2, 0.25) is 5.91 Å². The molecule has 3 atom stereocenters. The van der Waals surface area contributed by atoms with E-state index >= 15 is 0 Å². The first kappa shape index (κ1) is 20.2. The largest absolute Gasteiger partial charge is 0.373 e. The van der Waals surface area contributed by atoms with E-state index in [0.717, 1.165) is 5.56 Å². The zero-order chi connectivity index (χ0) is 19.6. The molecule has 2 heterocycles. The Kier molecular flexibility index (Phi) is 6.17. The second-order valence-corrected chi connectivity index (χ2v) is 9.16. The van der Waals surface area contributed by atoms with Crippen molar-refractivity contribution >= 4 is 16.1 Å². The van der Waals surface area contributed by atoms with E-state index in [9.17, 15) is 13.2 Å². The number of ether oxygens (including phenoxy) is 1. The monoisotopic (exact) mass is 396 g/mol. The maximum absolute atomic E-state index is 13.0. The Bertz CT molecular complexity index is 740. The van der Waals surface area contributed by atoms with Crippen LogP contribution in [0.5, 0.6) is 0 Å². The number of piperazine rings is 1. The van der Waals surface area contributed by atoms with Crippen molar-refractivity contribution in [2.24, 2.45) is 5.73 Å². The molecule has 150 valence electrons. The molecule has 0 spiro atoms. The lowest BCUT2D eigenvalue weighted by atomic mass is 10.0. The SMILES string of the molecule is CC1CN(S(=O)(=O)N2CCN(C(C(N)=O)c3ccccc3)CC2)CC(C)O1. The predicted molar refractivity (Wildman–Crippen MR) is 102 cm³/mol. The quantitative estimate of drug-likeness (QED) is 0.766. The minimum Gasteiger partial charge on any atom is -0.373 e. The Labute approximate surface area is 161 Å². The molecule has 0 aliphatic carbocycles. The third kappa shape index (κ3) is 4.49. The second kappa shape index (κ2) is 8.24. The summed E-state index contributed by atoms with van der Waals surface area (Å²) in [6, 6.07) is 8.82. The number of carbonyl (C=O) groups excluding carboxylic acids is 1. The number of hydrogen-bond donors (Lipinski definition) is 1. The Morgan fingerprint density at radius 3 is 2.11 bits per heavy atom. The normalized spacial score (nSPS) is 27.3. The van der Waals surface area contributed by atoms with Crippen molar-refractivity contribution in [3.63, 3.8) is 0 Å². The molecule has 1 amide bonds. The summed E-state index contributed by atoms with van der Waals surface area (Å²) in [7, 11) is -3.54. The topological polar surface area (TPSA) is 96.2 Å². The summed E-state index contributed by atoms with van der Waals surface area (Å²) >= 11 is 0. The fourth-order valence-electron chi connectivity index (χ4n) is 3.87. The molecule has 9 heteroatoms. The van der Waals surface area contributed by atoms with Crippen LogP contribution in [0.2, 0.25) is 0 Å². The number of amides is 1. The highest BCUT2D eigenvalue weighted by Gasteiger charge is 2.38. The molecular formula is C18H28N4O4S. The summed E-state index contributed by atoms with van der Waals surface area (Å²) in [6.07, 6.45) is -0.246. The van der Waals surface area contributed by atoms with Crippen molar-refractivity contribution in [1.82, 2.24) is 13.5 Å². The van der Waals surface area contributed by atoms with Gasteiger partial charge in [-0.05, 0) is 19.4 Å². The van der Waals surface area contributed by atoms with Gasteiger partial charge < -0.3 is 10.5 Å². The van der Waals surface area contributed by atoms with E-state index in [1.165, 1.54) is 8.61 Å². The summed E-state index contributed by atoms with van der Waals surface area (Å²) in [5.74, 6) is -0.423. The molecule has 2 aliphatic heterocycles. The van der Waals surface area contributed by atoms with Crippen LogP contribution >= 0.6 is 0 Å². The van der Waals surface area contributed by atoms with Crippen LogP contribution in [0.15, 0.2) is 30.3 Å². The molecule has 3 rings (SSSR count). The van der Waals surface area contributed by atoms with Gasteiger partial charge in [-0.1, -0.05) is 30.3 Å². The molecule has 2 aliphatic rings. The highest BCUT2D eigenvalue weighted by atomic mass is 32.2. The van der Waals surface area contributed by atoms with E-state index in [0.29, 0.717) is 39.3 Å². The van der Waals surface area contributed by atoms with Crippen LogP contribution in [0.25, 0.3) is 0 Å². The molecule has 2 saturated heterocycles. The number of morpholine rings is 1. The van der Waals surface area contributed by atoms with Crippen LogP contribution < -0.4 is 5.73 Å². The Morgan fingerprint density at radius 2 is 1.59 bits per heavy atom. The number of nitrogens with zero attached hydrogens (tertiary/aromatic N) is 3. The van der Waals surface area contributed by atoms with Crippen molar-refractivity contribution in [1.29, 1.82) is 0 Å².